The molecule has 0 amide bonds. The van der Waals surface area contributed by atoms with Gasteiger partial charge in [0.1, 0.15) is 6.04 Å². The average molecular weight is 219 g/mol. The van der Waals surface area contributed by atoms with E-state index in [-0.39, 0.29) is 5.75 Å². The molecule has 80 valence electrons. The monoisotopic (exact) mass is 219 g/mol. The van der Waals surface area contributed by atoms with Crippen LogP contribution in [-0.2, 0) is 10.0 Å². The lowest BCUT2D eigenvalue weighted by atomic mass is 10.4. The molecule has 7 heteroatoms. The van der Waals surface area contributed by atoms with E-state index >= 15 is 0 Å². The molecule has 1 atom stereocenters. The molecule has 13 heavy (non-hydrogen) atoms. The third-order valence-corrected chi connectivity index (χ3v) is 2.98. The number of rotatable bonds is 4. The van der Waals surface area contributed by atoms with Crippen molar-refractivity contribution in [1.29, 1.82) is 0 Å². The Balaban J connectivity index is 4.29. The highest BCUT2D eigenvalue weighted by Crippen LogP contribution is 2.20. The minimum absolute atomic E-state index is 0.284. The van der Waals surface area contributed by atoms with Gasteiger partial charge >= 0.3 is 6.18 Å². The van der Waals surface area contributed by atoms with Gasteiger partial charge in [0.2, 0.25) is 10.0 Å². The van der Waals surface area contributed by atoms with Gasteiger partial charge in [-0.25, -0.2) is 13.1 Å². The van der Waals surface area contributed by atoms with E-state index in [9.17, 15) is 21.6 Å². The van der Waals surface area contributed by atoms with E-state index < -0.39 is 22.2 Å². The molecule has 0 aromatic heterocycles. The van der Waals surface area contributed by atoms with Crippen molar-refractivity contribution in [3.63, 3.8) is 0 Å². The Labute approximate surface area is 75.4 Å². The third-order valence-electron chi connectivity index (χ3n) is 1.32. The highest BCUT2D eigenvalue weighted by molar-refractivity contribution is 7.89. The molecule has 0 rings (SSSR count). The molecular formula is C6H12F3NO2S. The van der Waals surface area contributed by atoms with Gasteiger partial charge in [0.15, 0.2) is 0 Å². The molecule has 0 spiro atoms. The summed E-state index contributed by atoms with van der Waals surface area (Å²) in [6.45, 7) is 2.35. The number of hydrogen-bond donors (Lipinski definition) is 1. The molecule has 0 heterocycles. The van der Waals surface area contributed by atoms with E-state index in [4.69, 9.17) is 0 Å². The number of hydrogen-bond acceptors (Lipinski definition) is 2. The molecule has 3 nitrogen and oxygen atoms in total. The normalized spacial score (nSPS) is 15.8. The second-order valence-electron chi connectivity index (χ2n) is 2.70. The van der Waals surface area contributed by atoms with Gasteiger partial charge in [0.05, 0.1) is 5.75 Å². The molecule has 0 fully saturated rings. The summed E-state index contributed by atoms with van der Waals surface area (Å²) in [5.74, 6) is -0.284. The molecule has 0 saturated carbocycles. The van der Waals surface area contributed by atoms with Crippen LogP contribution in [0.4, 0.5) is 13.2 Å². The van der Waals surface area contributed by atoms with Crippen LogP contribution in [-0.4, -0.2) is 26.4 Å². The fraction of sp³-hybridized carbons (Fsp3) is 1.00. The summed E-state index contributed by atoms with van der Waals surface area (Å²) in [6, 6.07) is -2.02. The maximum Gasteiger partial charge on any atom is 0.404 e. The summed E-state index contributed by atoms with van der Waals surface area (Å²) in [4.78, 5) is 0. The maximum atomic E-state index is 11.9. The standard InChI is InChI=1S/C6H12F3NO2S/c1-3-4-13(11,12)10-5(2)6(7,8)9/h5,10H,3-4H2,1-2H3. The lowest BCUT2D eigenvalue weighted by molar-refractivity contribution is -0.147. The van der Waals surface area contributed by atoms with E-state index in [0.717, 1.165) is 6.92 Å². The van der Waals surface area contributed by atoms with E-state index in [2.05, 4.69) is 0 Å². The Hall–Kier alpha value is -0.300. The molecule has 0 aliphatic rings. The number of nitrogens with one attached hydrogen (secondary N) is 1. The predicted octanol–water partition coefficient (Wildman–Crippen LogP) is 1.27. The van der Waals surface area contributed by atoms with Crippen LogP contribution in [0.25, 0.3) is 0 Å². The summed E-state index contributed by atoms with van der Waals surface area (Å²) in [5, 5.41) is 0. The molecule has 0 aromatic rings. The van der Waals surface area contributed by atoms with Crippen molar-refractivity contribution in [2.75, 3.05) is 5.75 Å². The van der Waals surface area contributed by atoms with Crippen LogP contribution in [0.1, 0.15) is 20.3 Å². The maximum absolute atomic E-state index is 11.9. The van der Waals surface area contributed by atoms with Crippen molar-refractivity contribution >= 4 is 10.0 Å². The SMILES string of the molecule is CCCS(=O)(=O)NC(C)C(F)(F)F. The topological polar surface area (TPSA) is 46.2 Å². The zero-order valence-electron chi connectivity index (χ0n) is 7.35. The Bertz CT molecular complexity index is 247. The van der Waals surface area contributed by atoms with Gasteiger partial charge in [-0.15, -0.1) is 0 Å². The van der Waals surface area contributed by atoms with Crippen LogP contribution in [0, 0.1) is 0 Å². The number of halogens is 3. The average Bonchev–Trinajstić information content (AvgIpc) is 1.83. The predicted molar refractivity (Wildman–Crippen MR) is 42.7 cm³/mol. The fourth-order valence-electron chi connectivity index (χ4n) is 0.664. The van der Waals surface area contributed by atoms with Crippen LogP contribution in [0.5, 0.6) is 0 Å². The van der Waals surface area contributed by atoms with Gasteiger partial charge in [-0.3, -0.25) is 0 Å². The number of alkyl halides is 3. The first-order chi connectivity index (χ1) is 5.69. The minimum Gasteiger partial charge on any atom is -0.212 e. The molecule has 0 saturated heterocycles. The molecule has 1 unspecified atom stereocenters. The van der Waals surface area contributed by atoms with Crippen LogP contribution in [0.2, 0.25) is 0 Å². The van der Waals surface area contributed by atoms with Crippen LogP contribution >= 0.6 is 0 Å². The summed E-state index contributed by atoms with van der Waals surface area (Å²) < 4.78 is 59.0. The zero-order chi connectivity index (χ0) is 10.7. The Morgan fingerprint density at radius 2 is 1.85 bits per heavy atom. The molecule has 0 bridgehead atoms. The van der Waals surface area contributed by atoms with Crippen molar-refractivity contribution in [3.05, 3.63) is 0 Å². The van der Waals surface area contributed by atoms with Gasteiger partial charge < -0.3 is 0 Å². The van der Waals surface area contributed by atoms with E-state index in [1.54, 1.807) is 11.6 Å². The first kappa shape index (κ1) is 12.7. The summed E-state index contributed by atoms with van der Waals surface area (Å²) in [6.07, 6.45) is -4.24. The van der Waals surface area contributed by atoms with E-state index in [1.165, 1.54) is 0 Å². The number of sulfonamides is 1. The summed E-state index contributed by atoms with van der Waals surface area (Å²) in [7, 11) is -3.78. The first-order valence-corrected chi connectivity index (χ1v) is 5.41. The Morgan fingerprint density at radius 3 is 2.15 bits per heavy atom. The molecule has 0 aliphatic heterocycles. The van der Waals surface area contributed by atoms with Crippen molar-refractivity contribution in [2.24, 2.45) is 0 Å². The van der Waals surface area contributed by atoms with E-state index in [0.29, 0.717) is 6.42 Å². The fourth-order valence-corrected chi connectivity index (χ4v) is 1.99. The lowest BCUT2D eigenvalue weighted by Gasteiger charge is -2.16. The molecular weight excluding hydrogens is 207 g/mol. The molecule has 1 N–H and O–H groups in total. The second-order valence-corrected chi connectivity index (χ2v) is 4.57. The van der Waals surface area contributed by atoms with Crippen molar-refractivity contribution in [2.45, 2.75) is 32.5 Å². The minimum atomic E-state index is -4.53. The first-order valence-electron chi connectivity index (χ1n) is 3.75. The van der Waals surface area contributed by atoms with Crippen molar-refractivity contribution < 1.29 is 21.6 Å². The zero-order valence-corrected chi connectivity index (χ0v) is 8.17. The van der Waals surface area contributed by atoms with Gasteiger partial charge in [0.25, 0.3) is 0 Å². The molecule has 0 aromatic carbocycles. The van der Waals surface area contributed by atoms with Crippen molar-refractivity contribution in [3.8, 4) is 0 Å². The Kier molecular flexibility index (Phi) is 4.18. The van der Waals surface area contributed by atoms with Crippen LogP contribution in [0.3, 0.4) is 0 Å². The van der Waals surface area contributed by atoms with Gasteiger partial charge in [-0.1, -0.05) is 6.92 Å². The highest BCUT2D eigenvalue weighted by atomic mass is 32.2. The van der Waals surface area contributed by atoms with Gasteiger partial charge in [0, 0.05) is 0 Å². The van der Waals surface area contributed by atoms with Crippen molar-refractivity contribution in [1.82, 2.24) is 4.72 Å². The lowest BCUT2D eigenvalue weighted by Crippen LogP contribution is -2.43. The Morgan fingerprint density at radius 1 is 1.38 bits per heavy atom. The molecule has 0 aliphatic carbocycles. The third kappa shape index (κ3) is 5.09. The van der Waals surface area contributed by atoms with Crippen LogP contribution in [0.15, 0.2) is 0 Å². The summed E-state index contributed by atoms with van der Waals surface area (Å²) >= 11 is 0. The van der Waals surface area contributed by atoms with E-state index in [1.807, 2.05) is 0 Å². The van der Waals surface area contributed by atoms with Gasteiger partial charge in [-0.2, -0.15) is 13.2 Å². The second kappa shape index (κ2) is 4.28. The van der Waals surface area contributed by atoms with Gasteiger partial charge in [-0.05, 0) is 13.3 Å². The summed E-state index contributed by atoms with van der Waals surface area (Å²) in [5.41, 5.74) is 0. The van der Waals surface area contributed by atoms with Crippen LogP contribution < -0.4 is 4.72 Å². The quantitative estimate of drug-likeness (QED) is 0.773. The largest absolute Gasteiger partial charge is 0.404 e. The molecule has 0 radical (unpaired) electrons. The smallest absolute Gasteiger partial charge is 0.212 e. The highest BCUT2D eigenvalue weighted by Gasteiger charge is 2.38.